The molecule has 0 atom stereocenters. The molecule has 3 rings (SSSR count). The summed E-state index contributed by atoms with van der Waals surface area (Å²) in [6.45, 7) is 0. The molecule has 0 aliphatic heterocycles. The topological polar surface area (TPSA) is 88.1 Å². The van der Waals surface area contributed by atoms with E-state index in [2.05, 4.69) is 37.0 Å². The third kappa shape index (κ3) is 3.84. The Kier molecular flexibility index (Phi) is 5.49. The number of hydrogen-bond donors (Lipinski definition) is 3. The number of oxime groups is 1. The molecule has 7 heteroatoms. The Hall–Kier alpha value is -2.51. The summed E-state index contributed by atoms with van der Waals surface area (Å²) in [5, 5.41) is 22.0. The maximum atomic E-state index is 10.2. The normalized spacial score (nSPS) is 11.4. The number of phenolic OH excluding ortho intramolecular Hbond substituents is 1. The maximum Gasteiger partial charge on any atom is 0.170 e. The van der Waals surface area contributed by atoms with E-state index in [9.17, 15) is 5.11 Å². The van der Waals surface area contributed by atoms with E-state index in [0.717, 1.165) is 5.56 Å². The number of ether oxygens (including phenoxy) is 1. The average Bonchev–Trinajstić information content (AvgIpc) is 2.65. The van der Waals surface area contributed by atoms with E-state index in [1.54, 1.807) is 30.3 Å². The van der Waals surface area contributed by atoms with Gasteiger partial charge < -0.3 is 20.8 Å². The van der Waals surface area contributed by atoms with Gasteiger partial charge in [-0.15, -0.1) is 0 Å². The van der Waals surface area contributed by atoms with Crippen LogP contribution >= 0.6 is 31.9 Å². The summed E-state index contributed by atoms with van der Waals surface area (Å²) in [4.78, 5) is 0. The predicted octanol–water partition coefficient (Wildman–Crippen LogP) is 5.47. The summed E-state index contributed by atoms with van der Waals surface area (Å²) in [5.41, 5.74) is 7.72. The lowest BCUT2D eigenvalue weighted by Crippen LogP contribution is -2.13. The van der Waals surface area contributed by atoms with E-state index < -0.39 is 0 Å². The molecular formula is C19H14Br2N2O3. The fraction of sp³-hybridized carbons (Fsp3) is 0. The quantitative estimate of drug-likeness (QED) is 0.201. The number of halogens is 2. The summed E-state index contributed by atoms with van der Waals surface area (Å²) < 4.78 is 7.23. The minimum Gasteiger partial charge on any atom is -0.507 e. The van der Waals surface area contributed by atoms with Crippen LogP contribution in [0, 0.1) is 0 Å². The van der Waals surface area contributed by atoms with Gasteiger partial charge in [0.1, 0.15) is 11.5 Å². The molecule has 0 aromatic heterocycles. The first kappa shape index (κ1) is 18.3. The van der Waals surface area contributed by atoms with Gasteiger partial charge in [-0.05, 0) is 67.8 Å². The van der Waals surface area contributed by atoms with Crippen molar-refractivity contribution in [2.75, 3.05) is 0 Å². The van der Waals surface area contributed by atoms with Crippen LogP contribution in [0.5, 0.6) is 17.2 Å². The first-order chi connectivity index (χ1) is 12.5. The molecular weight excluding hydrogens is 464 g/mol. The summed E-state index contributed by atoms with van der Waals surface area (Å²) in [6.07, 6.45) is 0. The second kappa shape index (κ2) is 7.80. The maximum absolute atomic E-state index is 10.2. The molecule has 0 saturated heterocycles. The van der Waals surface area contributed by atoms with Crippen LogP contribution in [0.25, 0.3) is 11.1 Å². The van der Waals surface area contributed by atoms with Crippen LogP contribution < -0.4 is 10.5 Å². The Morgan fingerprint density at radius 1 is 0.962 bits per heavy atom. The molecule has 3 aromatic carbocycles. The zero-order valence-electron chi connectivity index (χ0n) is 13.4. The molecule has 0 heterocycles. The highest BCUT2D eigenvalue weighted by Gasteiger charge is 2.14. The SMILES string of the molecule is N/C(=N\O)c1cc(Br)c(Oc2ccc(O)c(-c3ccccc3)c2)c(Br)c1. The second-order valence-corrected chi connectivity index (χ2v) is 7.11. The van der Waals surface area contributed by atoms with Gasteiger partial charge in [0.2, 0.25) is 0 Å². The number of benzene rings is 3. The molecule has 3 aromatic rings. The molecule has 0 radical (unpaired) electrons. The van der Waals surface area contributed by atoms with Gasteiger partial charge in [0, 0.05) is 11.1 Å². The number of aromatic hydroxyl groups is 1. The van der Waals surface area contributed by atoms with Crippen molar-refractivity contribution in [2.24, 2.45) is 10.9 Å². The fourth-order valence-corrected chi connectivity index (χ4v) is 3.76. The number of nitrogens with zero attached hydrogens (tertiary/aromatic N) is 1. The minimum atomic E-state index is -0.00560. The smallest absolute Gasteiger partial charge is 0.170 e. The third-order valence-electron chi connectivity index (χ3n) is 3.67. The van der Waals surface area contributed by atoms with Crippen LogP contribution in [-0.4, -0.2) is 16.1 Å². The summed E-state index contributed by atoms with van der Waals surface area (Å²) in [5.74, 6) is 1.25. The lowest BCUT2D eigenvalue weighted by molar-refractivity contribution is 0.318. The molecule has 0 bridgehead atoms. The molecule has 0 aliphatic carbocycles. The van der Waals surface area contributed by atoms with Gasteiger partial charge in [-0.25, -0.2) is 0 Å². The predicted molar refractivity (Wildman–Crippen MR) is 108 cm³/mol. The zero-order chi connectivity index (χ0) is 18.7. The lowest BCUT2D eigenvalue weighted by Gasteiger charge is -2.13. The van der Waals surface area contributed by atoms with Crippen LogP contribution in [0.2, 0.25) is 0 Å². The Morgan fingerprint density at radius 2 is 1.62 bits per heavy atom. The van der Waals surface area contributed by atoms with Crippen molar-refractivity contribution in [2.45, 2.75) is 0 Å². The molecule has 0 amide bonds. The van der Waals surface area contributed by atoms with Gasteiger partial charge in [0.05, 0.1) is 8.95 Å². The van der Waals surface area contributed by atoms with E-state index in [-0.39, 0.29) is 11.6 Å². The van der Waals surface area contributed by atoms with Crippen molar-refractivity contribution in [1.29, 1.82) is 0 Å². The Bertz CT molecular complexity index is 953. The average molecular weight is 478 g/mol. The van der Waals surface area contributed by atoms with E-state index in [1.165, 1.54) is 0 Å². The molecule has 0 saturated carbocycles. The molecule has 132 valence electrons. The molecule has 0 spiro atoms. The van der Waals surface area contributed by atoms with E-state index in [4.69, 9.17) is 15.7 Å². The van der Waals surface area contributed by atoms with Crippen molar-refractivity contribution >= 4 is 37.7 Å². The van der Waals surface area contributed by atoms with Crippen LogP contribution in [0.3, 0.4) is 0 Å². The van der Waals surface area contributed by atoms with Crippen LogP contribution in [0.1, 0.15) is 5.56 Å². The number of amidine groups is 1. The largest absolute Gasteiger partial charge is 0.507 e. The molecule has 4 N–H and O–H groups in total. The van der Waals surface area contributed by atoms with Crippen LogP contribution in [0.15, 0.2) is 74.8 Å². The first-order valence-electron chi connectivity index (χ1n) is 7.53. The van der Waals surface area contributed by atoms with E-state index in [0.29, 0.717) is 31.6 Å². The third-order valence-corrected chi connectivity index (χ3v) is 4.85. The highest BCUT2D eigenvalue weighted by Crippen LogP contribution is 2.40. The van der Waals surface area contributed by atoms with Gasteiger partial charge in [-0.2, -0.15) is 0 Å². The van der Waals surface area contributed by atoms with Crippen molar-refractivity contribution < 1.29 is 15.1 Å². The fourth-order valence-electron chi connectivity index (χ4n) is 2.41. The monoisotopic (exact) mass is 476 g/mol. The van der Waals surface area contributed by atoms with Crippen molar-refractivity contribution in [3.8, 4) is 28.4 Å². The molecule has 0 fully saturated rings. The molecule has 0 aliphatic rings. The molecule has 26 heavy (non-hydrogen) atoms. The number of phenols is 1. The van der Waals surface area contributed by atoms with Crippen molar-refractivity contribution in [3.63, 3.8) is 0 Å². The van der Waals surface area contributed by atoms with Gasteiger partial charge in [-0.3, -0.25) is 0 Å². The highest BCUT2D eigenvalue weighted by molar-refractivity contribution is 9.11. The standard InChI is InChI=1S/C19H14Br2N2O3/c20-15-8-12(19(22)23-25)9-16(21)18(15)26-13-6-7-17(24)14(10-13)11-4-2-1-3-5-11/h1-10,24-25H,(H2,22,23). The summed E-state index contributed by atoms with van der Waals surface area (Å²) in [6, 6.07) is 18.0. The number of nitrogens with two attached hydrogens (primary N) is 1. The van der Waals surface area contributed by atoms with Crippen molar-refractivity contribution in [1.82, 2.24) is 0 Å². The van der Waals surface area contributed by atoms with Gasteiger partial charge in [0.25, 0.3) is 0 Å². The van der Waals surface area contributed by atoms with Gasteiger partial charge in [0.15, 0.2) is 11.6 Å². The van der Waals surface area contributed by atoms with Crippen LogP contribution in [-0.2, 0) is 0 Å². The Labute approximate surface area is 167 Å². The Balaban J connectivity index is 1.98. The lowest BCUT2D eigenvalue weighted by atomic mass is 10.0. The van der Waals surface area contributed by atoms with Crippen LogP contribution in [0.4, 0.5) is 0 Å². The Morgan fingerprint density at radius 3 is 2.23 bits per heavy atom. The minimum absolute atomic E-state index is 0.00560. The first-order valence-corrected chi connectivity index (χ1v) is 9.11. The second-order valence-electron chi connectivity index (χ2n) is 5.40. The van der Waals surface area contributed by atoms with Crippen molar-refractivity contribution in [3.05, 3.63) is 75.2 Å². The van der Waals surface area contributed by atoms with Gasteiger partial charge >= 0.3 is 0 Å². The number of rotatable bonds is 4. The summed E-state index contributed by atoms with van der Waals surface area (Å²) >= 11 is 6.87. The van der Waals surface area contributed by atoms with E-state index >= 15 is 0 Å². The molecule has 0 unspecified atom stereocenters. The zero-order valence-corrected chi connectivity index (χ0v) is 16.5. The summed E-state index contributed by atoms with van der Waals surface area (Å²) in [7, 11) is 0. The highest BCUT2D eigenvalue weighted by atomic mass is 79.9. The van der Waals surface area contributed by atoms with E-state index in [1.807, 2.05) is 30.3 Å². The van der Waals surface area contributed by atoms with Gasteiger partial charge in [-0.1, -0.05) is 35.5 Å². The molecule has 5 nitrogen and oxygen atoms in total. The number of hydrogen-bond acceptors (Lipinski definition) is 4.